The van der Waals surface area contributed by atoms with Gasteiger partial charge in [-0.1, -0.05) is 11.3 Å². The molecule has 2 aromatic heterocycles. The molecule has 2 heterocycles. The molecule has 0 aliphatic carbocycles. The fraction of sp³-hybridized carbons (Fsp3) is 0.333. The van der Waals surface area contributed by atoms with Crippen molar-refractivity contribution in [3.63, 3.8) is 0 Å². The second-order valence-corrected chi connectivity index (χ2v) is 6.56. The third-order valence-corrected chi connectivity index (χ3v) is 4.43. The molecule has 1 N–H and O–H groups in total. The monoisotopic (exact) mass is 349 g/mol. The Morgan fingerprint density at radius 2 is 1.91 bits per heavy atom. The first-order valence-electron chi connectivity index (χ1n) is 6.06. The Labute approximate surface area is 131 Å². The van der Waals surface area contributed by atoms with Crippen LogP contribution in [0.5, 0.6) is 0 Å². The lowest BCUT2D eigenvalue weighted by Crippen LogP contribution is -2.13. The number of Topliss-reactive ketones (excluding diaryl/α,β-unsaturated/α-hetero) is 1. The fourth-order valence-corrected chi connectivity index (χ4v) is 2.97. The van der Waals surface area contributed by atoms with Crippen LogP contribution in [0.25, 0.3) is 0 Å². The highest BCUT2D eigenvalue weighted by Crippen LogP contribution is 2.33. The second-order valence-electron chi connectivity index (χ2n) is 4.29. The van der Waals surface area contributed by atoms with Crippen LogP contribution in [0.3, 0.4) is 0 Å². The van der Waals surface area contributed by atoms with Crippen LogP contribution in [0.15, 0.2) is 12.1 Å². The quantitative estimate of drug-likeness (QED) is 0.838. The standard InChI is InChI=1S/C12H10F3N3O2S2/c1-6-2-4-8(21-6)7(19)3-5-9(20)16-11-18-17-10(22-11)12(13,14)15/h2,4H,3,5H2,1H3,(H,16,18,20). The molecule has 5 nitrogen and oxygen atoms in total. The molecule has 0 saturated heterocycles. The first-order chi connectivity index (χ1) is 10.3. The Morgan fingerprint density at radius 3 is 2.45 bits per heavy atom. The van der Waals surface area contributed by atoms with Crippen molar-refractivity contribution in [3.8, 4) is 0 Å². The third kappa shape index (κ3) is 4.34. The van der Waals surface area contributed by atoms with E-state index in [2.05, 4.69) is 15.5 Å². The maximum atomic E-state index is 12.3. The van der Waals surface area contributed by atoms with E-state index in [1.165, 1.54) is 11.3 Å². The Hall–Kier alpha value is -1.81. The summed E-state index contributed by atoms with van der Waals surface area (Å²) in [5.41, 5.74) is 0. The predicted molar refractivity (Wildman–Crippen MR) is 76.2 cm³/mol. The van der Waals surface area contributed by atoms with Crippen LogP contribution in [0, 0.1) is 6.92 Å². The number of alkyl halides is 3. The van der Waals surface area contributed by atoms with Crippen LogP contribution in [-0.2, 0) is 11.0 Å². The number of halogens is 3. The van der Waals surface area contributed by atoms with Crippen molar-refractivity contribution in [1.82, 2.24) is 10.2 Å². The summed E-state index contributed by atoms with van der Waals surface area (Å²) in [4.78, 5) is 25.0. The Kier molecular flexibility index (Phi) is 4.91. The summed E-state index contributed by atoms with van der Waals surface area (Å²) >= 11 is 1.57. The van der Waals surface area contributed by atoms with Gasteiger partial charge in [-0.25, -0.2) is 0 Å². The molecule has 0 unspecified atom stereocenters. The van der Waals surface area contributed by atoms with E-state index >= 15 is 0 Å². The van der Waals surface area contributed by atoms with Gasteiger partial charge in [0.1, 0.15) is 0 Å². The number of rotatable bonds is 5. The zero-order chi connectivity index (χ0) is 16.3. The maximum Gasteiger partial charge on any atom is 0.445 e. The van der Waals surface area contributed by atoms with E-state index in [9.17, 15) is 22.8 Å². The average molecular weight is 349 g/mol. The van der Waals surface area contributed by atoms with E-state index in [1.807, 2.05) is 6.92 Å². The first-order valence-corrected chi connectivity index (χ1v) is 7.69. The number of amides is 1. The van der Waals surface area contributed by atoms with E-state index in [4.69, 9.17) is 0 Å². The van der Waals surface area contributed by atoms with Gasteiger partial charge < -0.3 is 5.32 Å². The second kappa shape index (κ2) is 6.53. The molecule has 1 amide bonds. The summed E-state index contributed by atoms with van der Waals surface area (Å²) in [5, 5.41) is 7.03. The molecule has 22 heavy (non-hydrogen) atoms. The highest BCUT2D eigenvalue weighted by molar-refractivity contribution is 7.15. The van der Waals surface area contributed by atoms with Crippen LogP contribution < -0.4 is 5.32 Å². The number of nitrogens with zero attached hydrogens (tertiary/aromatic N) is 2. The minimum Gasteiger partial charge on any atom is -0.301 e. The lowest BCUT2D eigenvalue weighted by molar-refractivity contribution is -0.138. The number of aromatic nitrogens is 2. The summed E-state index contributed by atoms with van der Waals surface area (Å²) < 4.78 is 37.0. The number of hydrogen-bond acceptors (Lipinski definition) is 6. The summed E-state index contributed by atoms with van der Waals surface area (Å²) in [6.45, 7) is 1.86. The van der Waals surface area contributed by atoms with Gasteiger partial charge in [0.2, 0.25) is 16.0 Å². The maximum absolute atomic E-state index is 12.3. The van der Waals surface area contributed by atoms with Gasteiger partial charge in [0.25, 0.3) is 0 Å². The van der Waals surface area contributed by atoms with E-state index in [0.29, 0.717) is 4.88 Å². The highest BCUT2D eigenvalue weighted by Gasteiger charge is 2.35. The predicted octanol–water partition coefficient (Wildman–Crippen LogP) is 3.53. The molecule has 0 aliphatic rings. The van der Waals surface area contributed by atoms with Crippen molar-refractivity contribution in [1.29, 1.82) is 0 Å². The van der Waals surface area contributed by atoms with Crippen molar-refractivity contribution in [2.75, 3.05) is 5.32 Å². The molecule has 0 fully saturated rings. The lowest BCUT2D eigenvalue weighted by Gasteiger charge is -2.00. The van der Waals surface area contributed by atoms with Gasteiger partial charge in [0.15, 0.2) is 5.78 Å². The summed E-state index contributed by atoms with van der Waals surface area (Å²) in [5.74, 6) is -0.756. The topological polar surface area (TPSA) is 72.0 Å². The average Bonchev–Trinajstić information content (AvgIpc) is 3.04. The molecule has 0 aliphatic heterocycles. The van der Waals surface area contributed by atoms with Gasteiger partial charge in [-0.2, -0.15) is 13.2 Å². The summed E-state index contributed by atoms with van der Waals surface area (Å²) in [6.07, 6.45) is -4.74. The van der Waals surface area contributed by atoms with Crippen LogP contribution in [0.1, 0.15) is 32.4 Å². The van der Waals surface area contributed by atoms with Gasteiger partial charge in [-0.3, -0.25) is 9.59 Å². The van der Waals surface area contributed by atoms with Crippen molar-refractivity contribution < 1.29 is 22.8 Å². The van der Waals surface area contributed by atoms with Gasteiger partial charge in [0, 0.05) is 17.7 Å². The number of carbonyl (C=O) groups is 2. The number of ketones is 1. The van der Waals surface area contributed by atoms with E-state index in [-0.39, 0.29) is 35.1 Å². The van der Waals surface area contributed by atoms with E-state index in [1.54, 1.807) is 12.1 Å². The van der Waals surface area contributed by atoms with Crippen LogP contribution in [-0.4, -0.2) is 21.9 Å². The molecule has 0 saturated carbocycles. The molecule has 0 spiro atoms. The third-order valence-electron chi connectivity index (χ3n) is 2.51. The molecule has 2 aromatic rings. The summed E-state index contributed by atoms with van der Waals surface area (Å²) in [6, 6.07) is 3.48. The number of carbonyl (C=O) groups excluding carboxylic acids is 2. The number of hydrogen-bond donors (Lipinski definition) is 1. The molecule has 0 bridgehead atoms. The molecule has 0 aromatic carbocycles. The Balaban J connectivity index is 1.85. The largest absolute Gasteiger partial charge is 0.445 e. The van der Waals surface area contributed by atoms with Gasteiger partial charge in [-0.05, 0) is 19.1 Å². The zero-order valence-electron chi connectivity index (χ0n) is 11.2. The highest BCUT2D eigenvalue weighted by atomic mass is 32.1. The molecule has 0 atom stereocenters. The van der Waals surface area contributed by atoms with Gasteiger partial charge in [-0.15, -0.1) is 21.5 Å². The fourth-order valence-electron chi connectivity index (χ4n) is 1.50. The van der Waals surface area contributed by atoms with Gasteiger partial charge in [0.05, 0.1) is 4.88 Å². The number of aryl methyl sites for hydroxylation is 1. The smallest absolute Gasteiger partial charge is 0.301 e. The van der Waals surface area contributed by atoms with Crippen molar-refractivity contribution in [2.45, 2.75) is 25.9 Å². The van der Waals surface area contributed by atoms with Crippen LogP contribution in [0.4, 0.5) is 18.3 Å². The Morgan fingerprint density at radius 1 is 1.18 bits per heavy atom. The number of nitrogens with one attached hydrogen (secondary N) is 1. The molecule has 0 radical (unpaired) electrons. The minimum absolute atomic E-state index is 0.0171. The number of thiophene rings is 1. The molecule has 10 heteroatoms. The van der Waals surface area contributed by atoms with Crippen molar-refractivity contribution in [2.24, 2.45) is 0 Å². The number of anilines is 1. The first kappa shape index (κ1) is 16.6. The summed E-state index contributed by atoms with van der Waals surface area (Å²) in [7, 11) is 0. The normalized spacial score (nSPS) is 11.5. The van der Waals surface area contributed by atoms with Crippen LogP contribution >= 0.6 is 22.7 Å². The van der Waals surface area contributed by atoms with Crippen molar-refractivity contribution >= 4 is 39.5 Å². The van der Waals surface area contributed by atoms with Crippen LogP contribution in [0.2, 0.25) is 0 Å². The zero-order valence-corrected chi connectivity index (χ0v) is 12.9. The lowest BCUT2D eigenvalue weighted by atomic mass is 10.2. The SMILES string of the molecule is Cc1ccc(C(=O)CCC(=O)Nc2nnc(C(F)(F)F)s2)s1. The van der Waals surface area contributed by atoms with Gasteiger partial charge >= 0.3 is 6.18 Å². The van der Waals surface area contributed by atoms with E-state index in [0.717, 1.165) is 4.88 Å². The molecule has 118 valence electrons. The van der Waals surface area contributed by atoms with E-state index < -0.39 is 17.1 Å². The Bertz CT molecular complexity index is 694. The minimum atomic E-state index is -4.59. The van der Waals surface area contributed by atoms with Crippen molar-refractivity contribution in [3.05, 3.63) is 26.9 Å². The molecule has 2 rings (SSSR count). The molecular formula is C12H10F3N3O2S2. The molecular weight excluding hydrogens is 339 g/mol.